The van der Waals surface area contributed by atoms with Gasteiger partial charge < -0.3 is 19.5 Å². The molecule has 0 aliphatic carbocycles. The van der Waals surface area contributed by atoms with Crippen molar-refractivity contribution in [2.45, 2.75) is 25.2 Å². The zero-order valence-electron chi connectivity index (χ0n) is 13.4. The summed E-state index contributed by atoms with van der Waals surface area (Å²) in [5, 5.41) is 2.76. The zero-order chi connectivity index (χ0) is 16.6. The molecule has 0 radical (unpaired) electrons. The Balaban J connectivity index is 1.58. The Kier molecular flexibility index (Phi) is 5.82. The molecule has 2 aromatic carbocycles. The van der Waals surface area contributed by atoms with Crippen LogP contribution in [0.15, 0.2) is 60.7 Å². The SMILES string of the molecule is O=C(NC[C@H](OC1CCCO1)c1ccccc1)Oc1ccccc1. The number of hydrogen-bond donors (Lipinski definition) is 1. The molecule has 0 saturated carbocycles. The first-order valence-electron chi connectivity index (χ1n) is 8.14. The summed E-state index contributed by atoms with van der Waals surface area (Å²) in [6.07, 6.45) is 0.867. The molecular weight excluding hydrogens is 306 g/mol. The van der Waals surface area contributed by atoms with E-state index < -0.39 is 6.09 Å². The number of hydrogen-bond acceptors (Lipinski definition) is 4. The fraction of sp³-hybridized carbons (Fsp3) is 0.316. The number of carbonyl (C=O) groups excluding carboxylic acids is 1. The Hall–Kier alpha value is -2.37. The van der Waals surface area contributed by atoms with Crippen molar-refractivity contribution in [1.82, 2.24) is 5.32 Å². The van der Waals surface area contributed by atoms with Crippen LogP contribution in [0.4, 0.5) is 4.79 Å². The highest BCUT2D eigenvalue weighted by Crippen LogP contribution is 2.23. The molecule has 2 atom stereocenters. The van der Waals surface area contributed by atoms with Crippen molar-refractivity contribution >= 4 is 6.09 Å². The second-order valence-corrected chi connectivity index (χ2v) is 5.56. The smallest absolute Gasteiger partial charge is 0.410 e. The van der Waals surface area contributed by atoms with Gasteiger partial charge in [-0.2, -0.15) is 0 Å². The fourth-order valence-electron chi connectivity index (χ4n) is 2.56. The minimum atomic E-state index is -0.502. The van der Waals surface area contributed by atoms with E-state index in [1.54, 1.807) is 12.1 Å². The molecule has 1 saturated heterocycles. The van der Waals surface area contributed by atoms with E-state index in [1.165, 1.54) is 0 Å². The lowest BCUT2D eigenvalue weighted by Crippen LogP contribution is -2.33. The van der Waals surface area contributed by atoms with Crippen LogP contribution in [0.2, 0.25) is 0 Å². The molecule has 1 N–H and O–H groups in total. The lowest BCUT2D eigenvalue weighted by atomic mass is 10.1. The molecule has 1 unspecified atom stereocenters. The largest absolute Gasteiger partial charge is 0.412 e. The summed E-state index contributed by atoms with van der Waals surface area (Å²) in [5.74, 6) is 0.506. The predicted octanol–water partition coefficient (Wildman–Crippen LogP) is 3.67. The number of amides is 1. The molecule has 2 aromatic rings. The summed E-state index contributed by atoms with van der Waals surface area (Å²) in [5.41, 5.74) is 0.994. The monoisotopic (exact) mass is 327 g/mol. The predicted molar refractivity (Wildman–Crippen MR) is 89.7 cm³/mol. The summed E-state index contributed by atoms with van der Waals surface area (Å²) in [4.78, 5) is 12.0. The van der Waals surface area contributed by atoms with Crippen LogP contribution < -0.4 is 10.1 Å². The first kappa shape index (κ1) is 16.5. The van der Waals surface area contributed by atoms with E-state index in [2.05, 4.69) is 5.32 Å². The first-order chi connectivity index (χ1) is 11.8. The van der Waals surface area contributed by atoms with Gasteiger partial charge in [-0.25, -0.2) is 4.79 Å². The summed E-state index contributed by atoms with van der Waals surface area (Å²) >= 11 is 0. The van der Waals surface area contributed by atoms with Gasteiger partial charge in [0.15, 0.2) is 6.29 Å². The molecule has 1 aliphatic heterocycles. The Morgan fingerprint density at radius 3 is 2.50 bits per heavy atom. The van der Waals surface area contributed by atoms with Gasteiger partial charge in [-0.3, -0.25) is 0 Å². The Labute approximate surface area is 141 Å². The topological polar surface area (TPSA) is 56.8 Å². The summed E-state index contributed by atoms with van der Waals surface area (Å²) < 4.78 is 16.8. The van der Waals surface area contributed by atoms with Crippen LogP contribution in [-0.2, 0) is 9.47 Å². The van der Waals surface area contributed by atoms with E-state index in [0.29, 0.717) is 12.3 Å². The standard InChI is InChI=1S/C19H21NO4/c21-19(23-16-10-5-2-6-11-16)20-14-17(15-8-3-1-4-9-15)24-18-12-7-13-22-18/h1-6,8-11,17-18H,7,12-14H2,(H,20,21)/t17-,18?/m0/s1. The van der Waals surface area contributed by atoms with Gasteiger partial charge in [0.05, 0.1) is 6.54 Å². The summed E-state index contributed by atoms with van der Waals surface area (Å²) in [7, 11) is 0. The van der Waals surface area contributed by atoms with Crippen molar-refractivity contribution in [3.05, 3.63) is 66.2 Å². The van der Waals surface area contributed by atoms with E-state index >= 15 is 0 Å². The highest BCUT2D eigenvalue weighted by atomic mass is 16.7. The highest BCUT2D eigenvalue weighted by Gasteiger charge is 2.23. The van der Waals surface area contributed by atoms with Crippen molar-refractivity contribution in [2.75, 3.05) is 13.2 Å². The second kappa shape index (κ2) is 8.47. The van der Waals surface area contributed by atoms with E-state index in [-0.39, 0.29) is 12.4 Å². The second-order valence-electron chi connectivity index (χ2n) is 5.56. The average Bonchev–Trinajstić information content (AvgIpc) is 3.13. The third-order valence-electron chi connectivity index (χ3n) is 3.76. The number of carbonyl (C=O) groups is 1. The molecule has 0 spiro atoms. The van der Waals surface area contributed by atoms with Gasteiger partial charge in [0.25, 0.3) is 0 Å². The van der Waals surface area contributed by atoms with Crippen LogP contribution in [0.3, 0.4) is 0 Å². The Bertz CT molecular complexity index is 626. The summed E-state index contributed by atoms with van der Waals surface area (Å²) in [6, 6.07) is 18.8. The lowest BCUT2D eigenvalue weighted by molar-refractivity contribution is -0.144. The molecule has 5 heteroatoms. The average molecular weight is 327 g/mol. The van der Waals surface area contributed by atoms with Crippen LogP contribution in [-0.4, -0.2) is 25.5 Å². The maximum absolute atomic E-state index is 12.0. The van der Waals surface area contributed by atoms with E-state index in [4.69, 9.17) is 14.2 Å². The molecule has 126 valence electrons. The fourth-order valence-corrected chi connectivity index (χ4v) is 2.56. The van der Waals surface area contributed by atoms with E-state index in [1.807, 2.05) is 48.5 Å². The highest BCUT2D eigenvalue weighted by molar-refractivity contribution is 5.70. The normalized spacial score (nSPS) is 18.1. The molecule has 24 heavy (non-hydrogen) atoms. The zero-order valence-corrected chi connectivity index (χ0v) is 13.4. The maximum Gasteiger partial charge on any atom is 0.412 e. The van der Waals surface area contributed by atoms with Crippen LogP contribution in [0, 0.1) is 0 Å². The van der Waals surface area contributed by atoms with Crippen molar-refractivity contribution in [3.63, 3.8) is 0 Å². The summed E-state index contributed by atoms with van der Waals surface area (Å²) in [6.45, 7) is 1.03. The lowest BCUT2D eigenvalue weighted by Gasteiger charge is -2.22. The number of benzene rings is 2. The Morgan fingerprint density at radius 2 is 1.83 bits per heavy atom. The van der Waals surface area contributed by atoms with Crippen LogP contribution in [0.25, 0.3) is 0 Å². The molecule has 1 fully saturated rings. The van der Waals surface area contributed by atoms with Crippen molar-refractivity contribution in [3.8, 4) is 5.75 Å². The van der Waals surface area contributed by atoms with E-state index in [9.17, 15) is 4.79 Å². The molecule has 3 rings (SSSR count). The van der Waals surface area contributed by atoms with Crippen molar-refractivity contribution in [1.29, 1.82) is 0 Å². The molecule has 1 aliphatic rings. The number of para-hydroxylation sites is 1. The van der Waals surface area contributed by atoms with Gasteiger partial charge in [-0.15, -0.1) is 0 Å². The van der Waals surface area contributed by atoms with Crippen LogP contribution in [0.5, 0.6) is 5.75 Å². The van der Waals surface area contributed by atoms with Gasteiger partial charge in [-0.05, 0) is 24.1 Å². The third kappa shape index (κ3) is 4.81. The van der Waals surface area contributed by atoms with Crippen LogP contribution >= 0.6 is 0 Å². The number of ether oxygens (including phenoxy) is 3. The minimum Gasteiger partial charge on any atom is -0.410 e. The van der Waals surface area contributed by atoms with Gasteiger partial charge in [0.2, 0.25) is 0 Å². The minimum absolute atomic E-state index is 0.220. The third-order valence-corrected chi connectivity index (χ3v) is 3.76. The molecule has 5 nitrogen and oxygen atoms in total. The molecular formula is C19H21NO4. The quantitative estimate of drug-likeness (QED) is 0.879. The number of nitrogens with one attached hydrogen (secondary N) is 1. The molecule has 1 heterocycles. The van der Waals surface area contributed by atoms with Crippen molar-refractivity contribution in [2.24, 2.45) is 0 Å². The molecule has 0 bridgehead atoms. The van der Waals surface area contributed by atoms with Gasteiger partial charge in [0.1, 0.15) is 11.9 Å². The number of rotatable bonds is 6. The maximum atomic E-state index is 12.0. The van der Waals surface area contributed by atoms with Gasteiger partial charge in [0, 0.05) is 13.0 Å². The van der Waals surface area contributed by atoms with Crippen molar-refractivity contribution < 1.29 is 19.0 Å². The Morgan fingerprint density at radius 1 is 1.12 bits per heavy atom. The first-order valence-corrected chi connectivity index (χ1v) is 8.14. The van der Waals surface area contributed by atoms with Gasteiger partial charge in [-0.1, -0.05) is 48.5 Å². The van der Waals surface area contributed by atoms with Gasteiger partial charge >= 0.3 is 6.09 Å². The van der Waals surface area contributed by atoms with E-state index in [0.717, 1.165) is 25.0 Å². The molecule has 0 aromatic heterocycles. The van der Waals surface area contributed by atoms with Crippen LogP contribution in [0.1, 0.15) is 24.5 Å². The molecule has 1 amide bonds.